The number of aromatic amines is 1. The van der Waals surface area contributed by atoms with E-state index in [1.807, 2.05) is 23.1 Å². The van der Waals surface area contributed by atoms with Crippen LogP contribution < -0.4 is 5.73 Å². The quantitative estimate of drug-likeness (QED) is 0.670. The van der Waals surface area contributed by atoms with Gasteiger partial charge in [-0.2, -0.15) is 0 Å². The van der Waals surface area contributed by atoms with Crippen LogP contribution >= 0.6 is 0 Å². The van der Waals surface area contributed by atoms with Gasteiger partial charge in [-0.05, 0) is 30.2 Å². The number of nitrogen functional groups attached to an aromatic ring is 1. The molecule has 1 aliphatic rings. The summed E-state index contributed by atoms with van der Waals surface area (Å²) in [7, 11) is 1.69. The third kappa shape index (κ3) is 2.64. The fourth-order valence-electron chi connectivity index (χ4n) is 2.70. The lowest BCUT2D eigenvalue weighted by Gasteiger charge is -2.26. The number of methoxy groups -OCH3 is 1. The molecule has 0 atom stereocenters. The number of nitrogens with one attached hydrogen (secondary N) is 1. The molecule has 1 aromatic carbocycles. The molecule has 0 saturated heterocycles. The Bertz CT molecular complexity index is 703. The van der Waals surface area contributed by atoms with Gasteiger partial charge in [-0.3, -0.25) is 4.79 Å². The Labute approximate surface area is 123 Å². The molecule has 0 unspecified atom stereocenters. The highest BCUT2D eigenvalue weighted by Crippen LogP contribution is 2.23. The minimum Gasteiger partial charge on any atom is -0.399 e. The van der Waals surface area contributed by atoms with E-state index >= 15 is 0 Å². The van der Waals surface area contributed by atoms with Gasteiger partial charge in [-0.1, -0.05) is 6.08 Å². The summed E-state index contributed by atoms with van der Waals surface area (Å²) in [6, 6.07) is 5.56. The molecule has 0 aliphatic carbocycles. The van der Waals surface area contributed by atoms with Crippen LogP contribution in [0.5, 0.6) is 0 Å². The van der Waals surface area contributed by atoms with Crippen LogP contribution in [-0.4, -0.2) is 42.6 Å². The molecule has 1 aromatic heterocycles. The molecule has 0 spiro atoms. The van der Waals surface area contributed by atoms with Gasteiger partial charge in [0.05, 0.1) is 12.2 Å². The molecule has 1 amide bonds. The number of aromatic nitrogens is 1. The number of nitrogens with zero attached hydrogens (tertiary/aromatic N) is 1. The molecule has 0 radical (unpaired) electrons. The lowest BCUT2D eigenvalue weighted by Crippen LogP contribution is -2.35. The first-order valence-electron chi connectivity index (χ1n) is 7.02. The number of rotatable bonds is 3. The van der Waals surface area contributed by atoms with Crippen molar-refractivity contribution in [1.82, 2.24) is 9.88 Å². The van der Waals surface area contributed by atoms with Crippen LogP contribution in [0.1, 0.15) is 16.8 Å². The molecular formula is C16H19N3O2. The summed E-state index contributed by atoms with van der Waals surface area (Å²) >= 11 is 0. The van der Waals surface area contributed by atoms with Crippen LogP contribution in [0.3, 0.4) is 0 Å². The van der Waals surface area contributed by atoms with E-state index in [2.05, 4.69) is 11.1 Å². The minimum atomic E-state index is 0.0544. The fraction of sp³-hybridized carbons (Fsp3) is 0.312. The number of benzene rings is 1. The highest BCUT2D eigenvalue weighted by molar-refractivity contribution is 6.07. The number of fused-ring (bicyclic) bond motifs is 1. The van der Waals surface area contributed by atoms with Crippen molar-refractivity contribution in [2.75, 3.05) is 32.5 Å². The summed E-state index contributed by atoms with van der Waals surface area (Å²) in [6.45, 7) is 2.02. The van der Waals surface area contributed by atoms with Crippen molar-refractivity contribution in [3.05, 3.63) is 41.6 Å². The van der Waals surface area contributed by atoms with Crippen LogP contribution in [-0.2, 0) is 4.74 Å². The van der Waals surface area contributed by atoms with E-state index in [0.29, 0.717) is 24.4 Å². The Hall–Kier alpha value is -2.27. The van der Waals surface area contributed by atoms with Gasteiger partial charge in [-0.25, -0.2) is 0 Å². The van der Waals surface area contributed by atoms with E-state index < -0.39 is 0 Å². The number of nitrogens with two attached hydrogens (primary N) is 1. The molecule has 5 nitrogen and oxygen atoms in total. The number of anilines is 1. The minimum absolute atomic E-state index is 0.0544. The summed E-state index contributed by atoms with van der Waals surface area (Å²) in [5, 5.41) is 0.917. The van der Waals surface area contributed by atoms with E-state index in [1.165, 1.54) is 5.57 Å². The zero-order valence-electron chi connectivity index (χ0n) is 12.1. The summed E-state index contributed by atoms with van der Waals surface area (Å²) < 4.78 is 5.13. The van der Waals surface area contributed by atoms with E-state index in [1.54, 1.807) is 13.3 Å². The summed E-state index contributed by atoms with van der Waals surface area (Å²) in [5.41, 5.74) is 9.30. The van der Waals surface area contributed by atoms with Crippen molar-refractivity contribution in [2.45, 2.75) is 6.42 Å². The van der Waals surface area contributed by atoms with Crippen LogP contribution in [0.4, 0.5) is 5.69 Å². The summed E-state index contributed by atoms with van der Waals surface area (Å²) in [6.07, 6.45) is 4.72. The third-order valence-corrected chi connectivity index (χ3v) is 3.86. The van der Waals surface area contributed by atoms with Crippen LogP contribution in [0.25, 0.3) is 10.9 Å². The Balaban J connectivity index is 1.82. The smallest absolute Gasteiger partial charge is 0.256 e. The van der Waals surface area contributed by atoms with Gasteiger partial charge in [0.15, 0.2) is 0 Å². The van der Waals surface area contributed by atoms with Crippen molar-refractivity contribution in [3.63, 3.8) is 0 Å². The van der Waals surface area contributed by atoms with Crippen molar-refractivity contribution >= 4 is 22.5 Å². The highest BCUT2D eigenvalue weighted by Gasteiger charge is 2.21. The number of amides is 1. The van der Waals surface area contributed by atoms with Crippen molar-refractivity contribution in [3.8, 4) is 0 Å². The van der Waals surface area contributed by atoms with Gasteiger partial charge >= 0.3 is 0 Å². The van der Waals surface area contributed by atoms with Crippen molar-refractivity contribution in [1.29, 1.82) is 0 Å². The molecule has 2 aromatic rings. The van der Waals surface area contributed by atoms with Gasteiger partial charge in [0.1, 0.15) is 0 Å². The monoisotopic (exact) mass is 285 g/mol. The van der Waals surface area contributed by atoms with E-state index in [0.717, 1.165) is 23.9 Å². The molecule has 21 heavy (non-hydrogen) atoms. The third-order valence-electron chi connectivity index (χ3n) is 3.86. The van der Waals surface area contributed by atoms with Crippen molar-refractivity contribution in [2.24, 2.45) is 0 Å². The highest BCUT2D eigenvalue weighted by atomic mass is 16.5. The number of carbonyl (C=O) groups is 1. The van der Waals surface area contributed by atoms with Crippen LogP contribution in [0.2, 0.25) is 0 Å². The van der Waals surface area contributed by atoms with Gasteiger partial charge < -0.3 is 20.4 Å². The summed E-state index contributed by atoms with van der Waals surface area (Å²) in [5.74, 6) is 0.0544. The maximum Gasteiger partial charge on any atom is 0.256 e. The lowest BCUT2D eigenvalue weighted by atomic mass is 10.1. The molecular weight excluding hydrogens is 266 g/mol. The van der Waals surface area contributed by atoms with Gasteiger partial charge in [0.25, 0.3) is 5.91 Å². The predicted octanol–water partition coefficient (Wildman–Crippen LogP) is 2.17. The zero-order valence-corrected chi connectivity index (χ0v) is 12.1. The normalized spacial score (nSPS) is 15.3. The first-order chi connectivity index (χ1) is 10.2. The Morgan fingerprint density at radius 2 is 2.33 bits per heavy atom. The van der Waals surface area contributed by atoms with Gasteiger partial charge in [0, 0.05) is 43.0 Å². The molecule has 0 bridgehead atoms. The second-order valence-corrected chi connectivity index (χ2v) is 5.30. The standard InChI is InChI=1S/C16H19N3O2/c1-21-10-11-4-6-19(7-5-11)16(20)14-9-18-15-8-12(17)2-3-13(14)15/h2-4,8-9,18H,5-7,10,17H2,1H3. The van der Waals surface area contributed by atoms with Gasteiger partial charge in [-0.15, -0.1) is 0 Å². The first kappa shape index (κ1) is 13.7. The van der Waals surface area contributed by atoms with E-state index in [9.17, 15) is 4.79 Å². The van der Waals surface area contributed by atoms with Crippen molar-refractivity contribution < 1.29 is 9.53 Å². The Morgan fingerprint density at radius 1 is 1.48 bits per heavy atom. The molecule has 2 heterocycles. The maximum absolute atomic E-state index is 12.6. The molecule has 3 N–H and O–H groups in total. The lowest BCUT2D eigenvalue weighted by molar-refractivity contribution is 0.0767. The number of hydrogen-bond donors (Lipinski definition) is 2. The molecule has 110 valence electrons. The van der Waals surface area contributed by atoms with Gasteiger partial charge in [0.2, 0.25) is 0 Å². The van der Waals surface area contributed by atoms with Crippen LogP contribution in [0, 0.1) is 0 Å². The number of carbonyl (C=O) groups excluding carboxylic acids is 1. The SMILES string of the molecule is COCC1=CCN(C(=O)c2c[nH]c3cc(N)ccc23)CC1. The van der Waals surface area contributed by atoms with E-state index in [-0.39, 0.29) is 5.91 Å². The van der Waals surface area contributed by atoms with Crippen LogP contribution in [0.15, 0.2) is 36.0 Å². The van der Waals surface area contributed by atoms with E-state index in [4.69, 9.17) is 10.5 Å². The predicted molar refractivity (Wildman–Crippen MR) is 83.2 cm³/mol. The second kappa shape index (κ2) is 5.61. The molecule has 0 saturated carbocycles. The molecule has 5 heteroatoms. The molecule has 0 fully saturated rings. The number of H-pyrrole nitrogens is 1. The average molecular weight is 285 g/mol. The first-order valence-corrected chi connectivity index (χ1v) is 7.02. The average Bonchev–Trinajstić information content (AvgIpc) is 2.90. The second-order valence-electron chi connectivity index (χ2n) is 5.30. The fourth-order valence-corrected chi connectivity index (χ4v) is 2.70. The topological polar surface area (TPSA) is 71.3 Å². The molecule has 1 aliphatic heterocycles. The molecule has 3 rings (SSSR count). The Kier molecular flexibility index (Phi) is 3.66. The largest absolute Gasteiger partial charge is 0.399 e. The summed E-state index contributed by atoms with van der Waals surface area (Å²) in [4.78, 5) is 17.6. The maximum atomic E-state index is 12.6. The number of ether oxygens (including phenoxy) is 1. The number of hydrogen-bond acceptors (Lipinski definition) is 3. The zero-order chi connectivity index (χ0) is 14.8. The Morgan fingerprint density at radius 3 is 3.05 bits per heavy atom.